The first-order chi connectivity index (χ1) is 7.97. The average Bonchev–Trinajstić information content (AvgIpc) is 2.29. The Morgan fingerprint density at radius 2 is 1.88 bits per heavy atom. The summed E-state index contributed by atoms with van der Waals surface area (Å²) in [5.41, 5.74) is -1.24. The Morgan fingerprint density at radius 1 is 1.35 bits per heavy atom. The molecule has 0 heterocycles. The summed E-state index contributed by atoms with van der Waals surface area (Å²) in [5.74, 6) is -0.801. The highest BCUT2D eigenvalue weighted by molar-refractivity contribution is 6.61. The number of nitriles is 1. The lowest BCUT2D eigenvalue weighted by Gasteiger charge is -1.95. The van der Waals surface area contributed by atoms with E-state index in [2.05, 4.69) is 11.3 Å². The molecule has 0 spiro atoms. The minimum atomic E-state index is -1.26. The van der Waals surface area contributed by atoms with Gasteiger partial charge in [-0.05, 0) is 12.1 Å². The first kappa shape index (κ1) is 14.7. The third kappa shape index (κ3) is 7.59. The van der Waals surface area contributed by atoms with Crippen LogP contribution in [0.1, 0.15) is 0 Å². The molecule has 0 aliphatic carbocycles. The van der Waals surface area contributed by atoms with Gasteiger partial charge in [0.05, 0.1) is 0 Å². The fraction of sp³-hybridized carbons (Fsp3) is 0. The second kappa shape index (κ2) is 7.91. The second-order valence-electron chi connectivity index (χ2n) is 2.55. The summed E-state index contributed by atoms with van der Waals surface area (Å²) in [6.07, 6.45) is 0. The highest BCUT2D eigenvalue weighted by Gasteiger charge is 1.97. The Balaban J connectivity index is 0.000000325. The fourth-order valence-corrected chi connectivity index (χ4v) is 0.718. The van der Waals surface area contributed by atoms with Gasteiger partial charge >= 0.3 is 11.4 Å². The molecule has 0 fully saturated rings. The molecule has 0 saturated heterocycles. The molecule has 5 nitrogen and oxygen atoms in total. The van der Waals surface area contributed by atoms with Crippen LogP contribution < -0.4 is 4.74 Å². The van der Waals surface area contributed by atoms with Crippen LogP contribution in [0.2, 0.25) is 0 Å². The molecule has 0 aromatic heterocycles. The molecule has 1 rings (SSSR count). The molecular formula is C11H8ClNO4. The lowest BCUT2D eigenvalue weighted by Crippen LogP contribution is -1.94. The van der Waals surface area contributed by atoms with Crippen molar-refractivity contribution in [2.75, 3.05) is 0 Å². The van der Waals surface area contributed by atoms with Crippen LogP contribution in [0.3, 0.4) is 0 Å². The second-order valence-corrected chi connectivity index (χ2v) is 2.86. The number of rotatable bonds is 2. The zero-order chi connectivity index (χ0) is 13.3. The van der Waals surface area contributed by atoms with E-state index in [4.69, 9.17) is 22.0 Å². The number of carbonyl (C=O) groups excluding carboxylic acids is 1. The Bertz CT molecular complexity index is 450. The fourth-order valence-electron chi connectivity index (χ4n) is 0.629. The minimum Gasteiger partial charge on any atom is -0.477 e. The summed E-state index contributed by atoms with van der Waals surface area (Å²) in [5, 5.41) is 15.6. The average molecular weight is 254 g/mol. The van der Waals surface area contributed by atoms with Crippen LogP contribution >= 0.6 is 11.6 Å². The van der Waals surface area contributed by atoms with Crippen molar-refractivity contribution < 1.29 is 19.4 Å². The van der Waals surface area contributed by atoms with Crippen molar-refractivity contribution in [2.45, 2.75) is 0 Å². The smallest absolute Gasteiger partial charge is 0.409 e. The van der Waals surface area contributed by atoms with Gasteiger partial charge in [-0.2, -0.15) is 5.26 Å². The predicted octanol–water partition coefficient (Wildman–Crippen LogP) is 2.57. The number of carboxylic acids is 1. The third-order valence-electron chi connectivity index (χ3n) is 1.33. The van der Waals surface area contributed by atoms with Crippen molar-refractivity contribution >= 4 is 23.0 Å². The number of halogens is 1. The van der Waals surface area contributed by atoms with Crippen LogP contribution in [0.5, 0.6) is 5.75 Å². The van der Waals surface area contributed by atoms with Crippen molar-refractivity contribution in [3.05, 3.63) is 42.5 Å². The molecular weight excluding hydrogens is 246 g/mol. The summed E-state index contributed by atoms with van der Waals surface area (Å²) in [6, 6.07) is 10.0. The number of carboxylic acid groups (broad SMARTS) is 1. The molecule has 88 valence electrons. The number of benzene rings is 1. The van der Waals surface area contributed by atoms with Gasteiger partial charge in [0.1, 0.15) is 17.4 Å². The van der Waals surface area contributed by atoms with Crippen LogP contribution in [-0.4, -0.2) is 16.5 Å². The monoisotopic (exact) mass is 253 g/mol. The number of carbonyl (C=O) groups is 2. The molecule has 0 unspecified atom stereocenters. The Kier molecular flexibility index (Phi) is 6.83. The van der Waals surface area contributed by atoms with Crippen molar-refractivity contribution in [2.24, 2.45) is 0 Å². The van der Waals surface area contributed by atoms with Crippen LogP contribution in [0, 0.1) is 11.3 Å². The molecule has 6 heteroatoms. The lowest BCUT2D eigenvalue weighted by molar-refractivity contribution is -0.132. The van der Waals surface area contributed by atoms with E-state index in [0.717, 1.165) is 0 Å². The van der Waals surface area contributed by atoms with E-state index in [0.29, 0.717) is 5.75 Å². The van der Waals surface area contributed by atoms with Gasteiger partial charge in [-0.25, -0.2) is 9.59 Å². The molecule has 0 atom stereocenters. The molecule has 1 aromatic rings. The largest absolute Gasteiger partial charge is 0.477 e. The van der Waals surface area contributed by atoms with Crippen LogP contribution in [0.4, 0.5) is 4.79 Å². The minimum absolute atomic E-state index is 0.431. The van der Waals surface area contributed by atoms with Gasteiger partial charge in [-0.3, -0.25) is 0 Å². The molecule has 0 aliphatic heterocycles. The summed E-state index contributed by atoms with van der Waals surface area (Å²) in [6.45, 7) is 2.91. The number of hydrogen-bond acceptors (Lipinski definition) is 4. The van der Waals surface area contributed by atoms with E-state index in [1.54, 1.807) is 24.3 Å². The topological polar surface area (TPSA) is 87.4 Å². The van der Waals surface area contributed by atoms with Crippen LogP contribution in [0.25, 0.3) is 0 Å². The molecule has 0 radical (unpaired) electrons. The molecule has 1 N–H and O–H groups in total. The van der Waals surface area contributed by atoms with Gasteiger partial charge in [0, 0.05) is 11.6 Å². The van der Waals surface area contributed by atoms with Gasteiger partial charge < -0.3 is 9.84 Å². The van der Waals surface area contributed by atoms with E-state index in [-0.39, 0.29) is 0 Å². The number of hydrogen-bond donors (Lipinski definition) is 1. The van der Waals surface area contributed by atoms with Crippen LogP contribution in [-0.2, 0) is 4.79 Å². The first-order valence-corrected chi connectivity index (χ1v) is 4.59. The highest BCUT2D eigenvalue weighted by Crippen LogP contribution is 2.09. The Hall–Kier alpha value is -2.32. The molecule has 0 bridgehead atoms. The maximum Gasteiger partial charge on any atom is 0.409 e. The number of nitrogens with zero attached hydrogens (tertiary/aromatic N) is 1. The van der Waals surface area contributed by atoms with Gasteiger partial charge in [0.15, 0.2) is 0 Å². The number of aliphatic carboxylic acids is 1. The zero-order valence-corrected chi connectivity index (χ0v) is 9.35. The maximum atomic E-state index is 10.2. The van der Waals surface area contributed by atoms with E-state index in [9.17, 15) is 9.59 Å². The van der Waals surface area contributed by atoms with Crippen LogP contribution in [0.15, 0.2) is 42.5 Å². The third-order valence-corrected chi connectivity index (χ3v) is 1.41. The summed E-state index contributed by atoms with van der Waals surface area (Å²) >= 11 is 4.95. The quantitative estimate of drug-likeness (QED) is 0.497. The molecule has 17 heavy (non-hydrogen) atoms. The van der Waals surface area contributed by atoms with E-state index in [1.165, 1.54) is 6.07 Å². The Morgan fingerprint density at radius 3 is 2.18 bits per heavy atom. The van der Waals surface area contributed by atoms with Gasteiger partial charge in [0.2, 0.25) is 0 Å². The lowest BCUT2D eigenvalue weighted by atomic mass is 10.3. The molecule has 0 amide bonds. The van der Waals surface area contributed by atoms with E-state index in [1.807, 2.05) is 6.07 Å². The number of ether oxygens (including phenoxy) is 1. The zero-order valence-electron chi connectivity index (χ0n) is 8.59. The van der Waals surface area contributed by atoms with Gasteiger partial charge in [-0.15, -0.1) is 0 Å². The first-order valence-electron chi connectivity index (χ1n) is 4.22. The molecule has 0 aliphatic rings. The molecule has 1 aromatic carbocycles. The predicted molar refractivity (Wildman–Crippen MR) is 60.7 cm³/mol. The van der Waals surface area contributed by atoms with Crippen molar-refractivity contribution in [1.82, 2.24) is 0 Å². The summed E-state index contributed by atoms with van der Waals surface area (Å²) in [4.78, 5) is 19.8. The summed E-state index contributed by atoms with van der Waals surface area (Å²) < 4.78 is 4.54. The maximum absolute atomic E-state index is 10.2. The molecule has 0 saturated carbocycles. The Labute approximate surface area is 102 Å². The standard InChI is InChI=1S/C7H5ClO2.C4H3NO2/c8-7(9)10-6-4-2-1-3-5-6;1-3(2-5)4(6)7/h1-5H;1H2,(H,6,7). The highest BCUT2D eigenvalue weighted by atomic mass is 35.5. The summed E-state index contributed by atoms with van der Waals surface area (Å²) in [7, 11) is 0. The van der Waals surface area contributed by atoms with Crippen molar-refractivity contribution in [1.29, 1.82) is 5.26 Å². The van der Waals surface area contributed by atoms with E-state index >= 15 is 0 Å². The SMILES string of the molecule is C=C(C#N)C(=O)O.O=C(Cl)Oc1ccccc1. The van der Waals surface area contributed by atoms with Gasteiger partial charge in [-0.1, -0.05) is 24.8 Å². The van der Waals surface area contributed by atoms with Crippen molar-refractivity contribution in [3.8, 4) is 11.8 Å². The normalized spacial score (nSPS) is 8.00. The van der Waals surface area contributed by atoms with E-state index < -0.39 is 17.0 Å². The number of para-hydroxylation sites is 1. The van der Waals surface area contributed by atoms with Gasteiger partial charge in [0.25, 0.3) is 0 Å². The van der Waals surface area contributed by atoms with Crippen molar-refractivity contribution in [3.63, 3.8) is 0 Å².